The lowest BCUT2D eigenvalue weighted by atomic mass is 10.2. The Balaban J connectivity index is 2.60. The Morgan fingerprint density at radius 1 is 1.56 bits per heavy atom. The second-order valence-electron chi connectivity index (χ2n) is 3.44. The number of benzene rings is 1. The van der Waals surface area contributed by atoms with Gasteiger partial charge in [-0.25, -0.2) is 0 Å². The highest BCUT2D eigenvalue weighted by Gasteiger charge is 2.04. The van der Waals surface area contributed by atoms with Crippen molar-refractivity contribution in [1.82, 2.24) is 0 Å². The largest absolute Gasteiger partial charge is 0.469 e. The number of hydrogen-bond donors (Lipinski definition) is 2. The van der Waals surface area contributed by atoms with E-state index in [1.807, 2.05) is 19.1 Å². The number of ether oxygens (including phenoxy) is 1. The van der Waals surface area contributed by atoms with E-state index in [1.54, 1.807) is 0 Å². The van der Waals surface area contributed by atoms with Crippen molar-refractivity contribution in [2.24, 2.45) is 0 Å². The molecule has 0 aromatic heterocycles. The Morgan fingerprint density at radius 3 is 2.88 bits per heavy atom. The van der Waals surface area contributed by atoms with Gasteiger partial charge in [0.25, 0.3) is 0 Å². The molecule has 0 aliphatic carbocycles. The molecule has 0 aliphatic rings. The van der Waals surface area contributed by atoms with Crippen LogP contribution in [0.5, 0.6) is 0 Å². The summed E-state index contributed by atoms with van der Waals surface area (Å²) in [6, 6.07) is 3.78. The molecule has 1 aromatic rings. The van der Waals surface area contributed by atoms with Crippen molar-refractivity contribution in [1.29, 1.82) is 0 Å². The van der Waals surface area contributed by atoms with Crippen LogP contribution in [0.4, 0.5) is 11.4 Å². The highest BCUT2D eigenvalue weighted by molar-refractivity contribution is 9.10. The second kappa shape index (κ2) is 5.75. The van der Waals surface area contributed by atoms with Crippen molar-refractivity contribution in [2.75, 3.05) is 24.7 Å². The topological polar surface area (TPSA) is 64.3 Å². The van der Waals surface area contributed by atoms with Gasteiger partial charge in [0.15, 0.2) is 0 Å². The fourth-order valence-electron chi connectivity index (χ4n) is 1.23. The lowest BCUT2D eigenvalue weighted by Gasteiger charge is -2.10. The van der Waals surface area contributed by atoms with Crippen molar-refractivity contribution in [3.8, 4) is 0 Å². The van der Waals surface area contributed by atoms with Crippen molar-refractivity contribution in [2.45, 2.75) is 13.3 Å². The molecule has 1 rings (SSSR count). The minimum atomic E-state index is -0.226. The van der Waals surface area contributed by atoms with Gasteiger partial charge >= 0.3 is 5.97 Å². The van der Waals surface area contributed by atoms with Crippen LogP contribution in [0, 0.1) is 6.92 Å². The van der Waals surface area contributed by atoms with Crippen LogP contribution in [0.3, 0.4) is 0 Å². The second-order valence-corrected chi connectivity index (χ2v) is 4.30. The number of hydrogen-bond acceptors (Lipinski definition) is 4. The van der Waals surface area contributed by atoms with Crippen LogP contribution in [0.25, 0.3) is 0 Å². The molecule has 5 heteroatoms. The summed E-state index contributed by atoms with van der Waals surface area (Å²) in [5.41, 5.74) is 8.43. The van der Waals surface area contributed by atoms with Gasteiger partial charge in [0.05, 0.1) is 13.5 Å². The van der Waals surface area contributed by atoms with E-state index in [0.717, 1.165) is 21.4 Å². The number of nitrogens with two attached hydrogens (primary N) is 1. The van der Waals surface area contributed by atoms with Gasteiger partial charge in [0, 0.05) is 22.4 Å². The monoisotopic (exact) mass is 286 g/mol. The van der Waals surface area contributed by atoms with Crippen molar-refractivity contribution < 1.29 is 9.53 Å². The summed E-state index contributed by atoms with van der Waals surface area (Å²) in [6.45, 7) is 2.47. The van der Waals surface area contributed by atoms with Crippen molar-refractivity contribution >= 4 is 33.3 Å². The summed E-state index contributed by atoms with van der Waals surface area (Å²) in [5.74, 6) is -0.226. The van der Waals surface area contributed by atoms with Gasteiger partial charge in [-0.15, -0.1) is 0 Å². The molecule has 0 saturated heterocycles. The molecule has 16 heavy (non-hydrogen) atoms. The van der Waals surface area contributed by atoms with E-state index in [-0.39, 0.29) is 5.97 Å². The quantitative estimate of drug-likeness (QED) is 0.659. The van der Waals surface area contributed by atoms with Gasteiger partial charge in [-0.05, 0) is 40.5 Å². The molecular weight excluding hydrogens is 272 g/mol. The standard InChI is InChI=1S/C11H15BrN2O2/c1-7-5-10(8(12)6-9(7)13)14-4-3-11(15)16-2/h5-6,14H,3-4,13H2,1-2H3. The Morgan fingerprint density at radius 2 is 2.25 bits per heavy atom. The van der Waals surface area contributed by atoms with Gasteiger partial charge in [-0.3, -0.25) is 4.79 Å². The molecule has 3 N–H and O–H groups in total. The van der Waals surface area contributed by atoms with E-state index in [4.69, 9.17) is 5.73 Å². The van der Waals surface area contributed by atoms with Crippen molar-refractivity contribution in [3.05, 3.63) is 22.2 Å². The van der Waals surface area contributed by atoms with E-state index in [2.05, 4.69) is 26.0 Å². The minimum Gasteiger partial charge on any atom is -0.469 e. The van der Waals surface area contributed by atoms with Crippen molar-refractivity contribution in [3.63, 3.8) is 0 Å². The van der Waals surface area contributed by atoms with E-state index < -0.39 is 0 Å². The number of rotatable bonds is 4. The lowest BCUT2D eigenvalue weighted by Crippen LogP contribution is -2.10. The predicted molar refractivity (Wildman–Crippen MR) is 68.4 cm³/mol. The van der Waals surface area contributed by atoms with Gasteiger partial charge in [-0.2, -0.15) is 0 Å². The van der Waals surface area contributed by atoms with Crippen LogP contribution < -0.4 is 11.1 Å². The van der Waals surface area contributed by atoms with Crippen LogP contribution in [-0.4, -0.2) is 19.6 Å². The lowest BCUT2D eigenvalue weighted by molar-refractivity contribution is -0.140. The molecule has 0 bridgehead atoms. The van der Waals surface area contributed by atoms with Gasteiger partial charge in [0.1, 0.15) is 0 Å². The molecule has 0 aliphatic heterocycles. The third-order valence-electron chi connectivity index (χ3n) is 2.23. The average molecular weight is 287 g/mol. The molecule has 0 amide bonds. The first-order chi connectivity index (χ1) is 7.54. The van der Waals surface area contributed by atoms with Gasteiger partial charge < -0.3 is 15.8 Å². The van der Waals surface area contributed by atoms with Crippen LogP contribution >= 0.6 is 15.9 Å². The average Bonchev–Trinajstić information content (AvgIpc) is 2.25. The number of nitrogens with one attached hydrogen (secondary N) is 1. The number of anilines is 2. The number of carbonyl (C=O) groups excluding carboxylic acids is 1. The molecule has 0 radical (unpaired) electrons. The first kappa shape index (κ1) is 12.8. The van der Waals surface area contributed by atoms with Crippen LogP contribution in [0.2, 0.25) is 0 Å². The number of carbonyl (C=O) groups is 1. The fraction of sp³-hybridized carbons (Fsp3) is 0.364. The number of halogens is 1. The number of esters is 1. The van der Waals surface area contributed by atoms with E-state index >= 15 is 0 Å². The predicted octanol–water partition coefficient (Wildman–Crippen LogP) is 2.31. The minimum absolute atomic E-state index is 0.226. The molecule has 88 valence electrons. The molecule has 0 heterocycles. The zero-order valence-electron chi connectivity index (χ0n) is 9.34. The zero-order chi connectivity index (χ0) is 12.1. The normalized spacial score (nSPS) is 9.94. The molecule has 0 fully saturated rings. The van der Waals surface area contributed by atoms with Crippen LogP contribution in [0.15, 0.2) is 16.6 Å². The smallest absolute Gasteiger partial charge is 0.307 e. The van der Waals surface area contributed by atoms with Crippen LogP contribution in [0.1, 0.15) is 12.0 Å². The molecule has 0 unspecified atom stereocenters. The first-order valence-corrected chi connectivity index (χ1v) is 5.70. The molecule has 0 saturated carbocycles. The summed E-state index contributed by atoms with van der Waals surface area (Å²) in [5, 5.41) is 3.14. The third kappa shape index (κ3) is 3.41. The molecule has 4 nitrogen and oxygen atoms in total. The number of methoxy groups -OCH3 is 1. The summed E-state index contributed by atoms with van der Waals surface area (Å²) >= 11 is 3.41. The summed E-state index contributed by atoms with van der Waals surface area (Å²) in [7, 11) is 1.38. The Hall–Kier alpha value is -1.23. The highest BCUT2D eigenvalue weighted by atomic mass is 79.9. The first-order valence-electron chi connectivity index (χ1n) is 4.91. The Kier molecular flexibility index (Phi) is 4.61. The SMILES string of the molecule is COC(=O)CCNc1cc(C)c(N)cc1Br. The third-order valence-corrected chi connectivity index (χ3v) is 2.88. The number of nitrogen functional groups attached to an aromatic ring is 1. The zero-order valence-corrected chi connectivity index (χ0v) is 10.9. The Bertz CT molecular complexity index is 394. The fourth-order valence-corrected chi connectivity index (χ4v) is 1.73. The maximum Gasteiger partial charge on any atom is 0.307 e. The number of aryl methyl sites for hydroxylation is 1. The molecular formula is C11H15BrN2O2. The highest BCUT2D eigenvalue weighted by Crippen LogP contribution is 2.27. The molecule has 0 spiro atoms. The van der Waals surface area contributed by atoms with E-state index in [0.29, 0.717) is 13.0 Å². The van der Waals surface area contributed by atoms with Crippen LogP contribution in [-0.2, 0) is 9.53 Å². The molecule has 1 aromatic carbocycles. The Labute approximate surface area is 103 Å². The summed E-state index contributed by atoms with van der Waals surface area (Å²) < 4.78 is 5.44. The van der Waals surface area contributed by atoms with E-state index in [1.165, 1.54) is 7.11 Å². The molecule has 0 atom stereocenters. The van der Waals surface area contributed by atoms with Gasteiger partial charge in [-0.1, -0.05) is 0 Å². The summed E-state index contributed by atoms with van der Waals surface area (Å²) in [6.07, 6.45) is 0.340. The van der Waals surface area contributed by atoms with E-state index in [9.17, 15) is 4.79 Å². The van der Waals surface area contributed by atoms with Gasteiger partial charge in [0.2, 0.25) is 0 Å². The summed E-state index contributed by atoms with van der Waals surface area (Å²) in [4.78, 5) is 10.9. The maximum atomic E-state index is 10.9. The maximum absolute atomic E-state index is 10.9.